The average Bonchev–Trinajstić information content (AvgIpc) is 2.70. The number of methoxy groups -OCH3 is 1. The van der Waals surface area contributed by atoms with Crippen LogP contribution in [0.25, 0.3) is 6.08 Å². The minimum atomic E-state index is -0.829. The van der Waals surface area contributed by atoms with Crippen molar-refractivity contribution in [2.75, 3.05) is 33.3 Å². The number of ether oxygens (including phenoxy) is 1. The Hall–Kier alpha value is -2.73. The minimum Gasteiger partial charge on any atom is -0.497 e. The Balaban J connectivity index is 1.51. The van der Waals surface area contributed by atoms with Gasteiger partial charge in [-0.05, 0) is 29.8 Å². The maximum absolute atomic E-state index is 13.8. The van der Waals surface area contributed by atoms with Crippen molar-refractivity contribution in [1.82, 2.24) is 9.80 Å². The van der Waals surface area contributed by atoms with Gasteiger partial charge in [-0.3, -0.25) is 9.69 Å². The van der Waals surface area contributed by atoms with Crippen molar-refractivity contribution in [3.05, 3.63) is 71.3 Å². The van der Waals surface area contributed by atoms with E-state index in [0.29, 0.717) is 38.3 Å². The van der Waals surface area contributed by atoms with Gasteiger partial charge in [-0.15, -0.1) is 0 Å². The van der Waals surface area contributed by atoms with Crippen LogP contribution >= 0.6 is 0 Å². The number of rotatable bonds is 5. The molecule has 0 saturated carbocycles. The molecule has 0 aliphatic carbocycles. The standard InChI is InChI=1S/C21H22F2N2O2/c1-27-18-8-5-16(6-9-18)7-10-20(26)25-13-11-24(12-14-25)15-17-3-2-4-19(22)21(17)23/h2-10H,11-15H2,1H3/b10-7+. The molecule has 1 saturated heterocycles. The molecule has 0 unspecified atom stereocenters. The van der Waals surface area contributed by atoms with Crippen LogP contribution in [-0.4, -0.2) is 49.0 Å². The first-order valence-corrected chi connectivity index (χ1v) is 8.83. The van der Waals surface area contributed by atoms with Crippen LogP contribution in [0.15, 0.2) is 48.5 Å². The molecule has 1 amide bonds. The fraction of sp³-hybridized carbons (Fsp3) is 0.286. The molecular formula is C21H22F2N2O2. The molecule has 0 bridgehead atoms. The van der Waals surface area contributed by atoms with Crippen LogP contribution in [0.2, 0.25) is 0 Å². The summed E-state index contributed by atoms with van der Waals surface area (Å²) in [7, 11) is 1.61. The molecule has 4 nitrogen and oxygen atoms in total. The lowest BCUT2D eigenvalue weighted by atomic mass is 10.1. The molecule has 0 atom stereocenters. The third-order valence-corrected chi connectivity index (χ3v) is 4.64. The number of hydrogen-bond donors (Lipinski definition) is 0. The lowest BCUT2D eigenvalue weighted by molar-refractivity contribution is -0.127. The van der Waals surface area contributed by atoms with Crippen molar-refractivity contribution in [2.45, 2.75) is 6.54 Å². The van der Waals surface area contributed by atoms with E-state index in [4.69, 9.17) is 4.74 Å². The molecule has 3 rings (SSSR count). The molecule has 0 radical (unpaired) electrons. The van der Waals surface area contributed by atoms with Crippen LogP contribution in [0.3, 0.4) is 0 Å². The van der Waals surface area contributed by atoms with E-state index in [2.05, 4.69) is 0 Å². The molecule has 1 aliphatic rings. The summed E-state index contributed by atoms with van der Waals surface area (Å²) in [5.41, 5.74) is 1.26. The van der Waals surface area contributed by atoms with Crippen LogP contribution in [0.1, 0.15) is 11.1 Å². The molecule has 2 aromatic carbocycles. The van der Waals surface area contributed by atoms with Crippen LogP contribution in [0.5, 0.6) is 5.75 Å². The maximum atomic E-state index is 13.8. The van der Waals surface area contributed by atoms with Crippen LogP contribution in [0, 0.1) is 11.6 Å². The predicted octanol–water partition coefficient (Wildman–Crippen LogP) is 3.33. The number of benzene rings is 2. The van der Waals surface area contributed by atoms with Crippen molar-refractivity contribution in [3.8, 4) is 5.75 Å². The summed E-state index contributed by atoms with van der Waals surface area (Å²) in [6.45, 7) is 2.70. The largest absolute Gasteiger partial charge is 0.497 e. The van der Waals surface area contributed by atoms with Gasteiger partial charge in [0.1, 0.15) is 5.75 Å². The van der Waals surface area contributed by atoms with Gasteiger partial charge in [-0.25, -0.2) is 8.78 Å². The van der Waals surface area contributed by atoms with Crippen LogP contribution in [-0.2, 0) is 11.3 Å². The highest BCUT2D eigenvalue weighted by atomic mass is 19.2. The highest BCUT2D eigenvalue weighted by Crippen LogP contribution is 2.16. The highest BCUT2D eigenvalue weighted by molar-refractivity contribution is 5.91. The summed E-state index contributed by atoms with van der Waals surface area (Å²) < 4.78 is 32.2. The van der Waals surface area contributed by atoms with Gasteiger partial charge in [0.2, 0.25) is 5.91 Å². The van der Waals surface area contributed by atoms with Crippen molar-refractivity contribution in [2.24, 2.45) is 0 Å². The zero-order valence-corrected chi connectivity index (χ0v) is 15.2. The zero-order valence-electron chi connectivity index (χ0n) is 15.2. The number of hydrogen-bond acceptors (Lipinski definition) is 3. The SMILES string of the molecule is COc1ccc(/C=C/C(=O)N2CCN(Cc3cccc(F)c3F)CC2)cc1. The second kappa shape index (κ2) is 8.77. The Labute approximate surface area is 157 Å². The van der Waals surface area contributed by atoms with E-state index in [1.807, 2.05) is 29.2 Å². The number of carbonyl (C=O) groups is 1. The number of piperazine rings is 1. The molecule has 0 N–H and O–H groups in total. The Morgan fingerprint density at radius 3 is 2.44 bits per heavy atom. The Morgan fingerprint density at radius 1 is 1.07 bits per heavy atom. The van der Waals surface area contributed by atoms with Gasteiger partial charge in [-0.2, -0.15) is 0 Å². The smallest absolute Gasteiger partial charge is 0.246 e. The van der Waals surface area contributed by atoms with Gasteiger partial charge < -0.3 is 9.64 Å². The summed E-state index contributed by atoms with van der Waals surface area (Å²) in [6, 6.07) is 11.7. The Bertz CT molecular complexity index is 813. The summed E-state index contributed by atoms with van der Waals surface area (Å²) in [5.74, 6) is -0.907. The summed E-state index contributed by atoms with van der Waals surface area (Å²) in [6.07, 6.45) is 3.33. The fourth-order valence-corrected chi connectivity index (χ4v) is 3.03. The molecule has 0 spiro atoms. The van der Waals surface area contributed by atoms with Gasteiger partial charge >= 0.3 is 0 Å². The maximum Gasteiger partial charge on any atom is 0.246 e. The van der Waals surface area contributed by atoms with Crippen molar-refractivity contribution in [3.63, 3.8) is 0 Å². The van der Waals surface area contributed by atoms with Gasteiger partial charge in [0, 0.05) is 44.4 Å². The Kier molecular flexibility index (Phi) is 6.19. The van der Waals surface area contributed by atoms with Gasteiger partial charge in [0.15, 0.2) is 11.6 Å². The third-order valence-electron chi connectivity index (χ3n) is 4.64. The van der Waals surface area contributed by atoms with Crippen LogP contribution < -0.4 is 4.74 Å². The van der Waals surface area contributed by atoms with Gasteiger partial charge in [-0.1, -0.05) is 24.3 Å². The van der Waals surface area contributed by atoms with Gasteiger partial charge in [0.25, 0.3) is 0 Å². The van der Waals surface area contributed by atoms with Crippen molar-refractivity contribution in [1.29, 1.82) is 0 Å². The molecule has 27 heavy (non-hydrogen) atoms. The molecule has 0 aromatic heterocycles. The molecule has 142 valence electrons. The van der Waals surface area contributed by atoms with Gasteiger partial charge in [0.05, 0.1) is 7.11 Å². The molecular weight excluding hydrogens is 350 g/mol. The van der Waals surface area contributed by atoms with E-state index in [1.54, 1.807) is 30.2 Å². The lowest BCUT2D eigenvalue weighted by Gasteiger charge is -2.34. The lowest BCUT2D eigenvalue weighted by Crippen LogP contribution is -2.47. The van der Waals surface area contributed by atoms with E-state index in [9.17, 15) is 13.6 Å². The van der Waals surface area contributed by atoms with Crippen LogP contribution in [0.4, 0.5) is 8.78 Å². The number of amides is 1. The van der Waals surface area contributed by atoms with E-state index in [-0.39, 0.29) is 5.91 Å². The highest BCUT2D eigenvalue weighted by Gasteiger charge is 2.21. The third kappa shape index (κ3) is 4.92. The average molecular weight is 372 g/mol. The second-order valence-electron chi connectivity index (χ2n) is 6.42. The summed E-state index contributed by atoms with van der Waals surface area (Å²) in [4.78, 5) is 16.1. The molecule has 1 heterocycles. The second-order valence-corrected chi connectivity index (χ2v) is 6.42. The first kappa shape index (κ1) is 19.0. The van der Waals surface area contributed by atoms with E-state index >= 15 is 0 Å². The molecule has 1 aliphatic heterocycles. The monoisotopic (exact) mass is 372 g/mol. The van der Waals surface area contributed by atoms with E-state index in [0.717, 1.165) is 17.4 Å². The summed E-state index contributed by atoms with van der Waals surface area (Å²) >= 11 is 0. The molecule has 2 aromatic rings. The number of carbonyl (C=O) groups excluding carboxylic acids is 1. The molecule has 1 fully saturated rings. The zero-order chi connectivity index (χ0) is 19.2. The molecule has 6 heteroatoms. The quantitative estimate of drug-likeness (QED) is 0.755. The summed E-state index contributed by atoms with van der Waals surface area (Å²) in [5, 5.41) is 0. The minimum absolute atomic E-state index is 0.0533. The number of halogens is 2. The predicted molar refractivity (Wildman–Crippen MR) is 100 cm³/mol. The Morgan fingerprint density at radius 2 is 1.78 bits per heavy atom. The first-order valence-electron chi connectivity index (χ1n) is 8.83. The first-order chi connectivity index (χ1) is 13.1. The van der Waals surface area contributed by atoms with E-state index in [1.165, 1.54) is 6.07 Å². The topological polar surface area (TPSA) is 32.8 Å². The van der Waals surface area contributed by atoms with Crippen molar-refractivity contribution >= 4 is 12.0 Å². The number of nitrogens with zero attached hydrogens (tertiary/aromatic N) is 2. The van der Waals surface area contributed by atoms with E-state index < -0.39 is 11.6 Å². The fourth-order valence-electron chi connectivity index (χ4n) is 3.03. The normalized spacial score (nSPS) is 15.3. The van der Waals surface area contributed by atoms with Crippen molar-refractivity contribution < 1.29 is 18.3 Å².